The molecule has 0 aliphatic heterocycles. The molecule has 106 valence electrons. The predicted octanol–water partition coefficient (Wildman–Crippen LogP) is 3.84. The highest BCUT2D eigenvalue weighted by molar-refractivity contribution is 5.79. The van der Waals surface area contributed by atoms with E-state index in [0.29, 0.717) is 28.6 Å². The molecular formula is C17H21NO2. The zero-order valence-electron chi connectivity index (χ0n) is 12.1. The molecule has 0 saturated carbocycles. The summed E-state index contributed by atoms with van der Waals surface area (Å²) in [6, 6.07) is 7.15. The molecular weight excluding hydrogens is 250 g/mol. The summed E-state index contributed by atoms with van der Waals surface area (Å²) in [6.45, 7) is 3.93. The van der Waals surface area contributed by atoms with Gasteiger partial charge in [0.15, 0.2) is 5.43 Å². The smallest absolute Gasteiger partial charge is 0.192 e. The van der Waals surface area contributed by atoms with Crippen LogP contribution in [-0.2, 0) is 6.42 Å². The first-order valence-electron chi connectivity index (χ1n) is 7.14. The van der Waals surface area contributed by atoms with Crippen LogP contribution in [0.25, 0.3) is 10.9 Å². The summed E-state index contributed by atoms with van der Waals surface area (Å²) in [5.74, 6) is 0. The van der Waals surface area contributed by atoms with Crippen LogP contribution in [0.5, 0.6) is 0 Å². The maximum absolute atomic E-state index is 12.3. The number of hydrogen-bond acceptors (Lipinski definition) is 2. The molecule has 0 bridgehead atoms. The summed E-state index contributed by atoms with van der Waals surface area (Å²) in [7, 11) is 0. The fourth-order valence-electron chi connectivity index (χ4n) is 2.36. The summed E-state index contributed by atoms with van der Waals surface area (Å²) >= 11 is 0. The molecule has 0 unspecified atom stereocenters. The van der Waals surface area contributed by atoms with Gasteiger partial charge >= 0.3 is 0 Å². The van der Waals surface area contributed by atoms with Crippen LogP contribution < -0.4 is 5.43 Å². The second kappa shape index (κ2) is 6.42. The van der Waals surface area contributed by atoms with Crippen molar-refractivity contribution in [1.82, 2.24) is 4.73 Å². The number of unbranched alkanes of at least 4 members (excludes halogenated alkanes) is 2. The Kier molecular flexibility index (Phi) is 4.61. The molecule has 0 radical (unpaired) electrons. The van der Waals surface area contributed by atoms with Gasteiger partial charge < -0.3 is 5.21 Å². The average molecular weight is 271 g/mol. The highest BCUT2D eigenvalue weighted by Gasteiger charge is 2.11. The lowest BCUT2D eigenvalue weighted by molar-refractivity contribution is 0.189. The third-order valence-corrected chi connectivity index (χ3v) is 3.61. The van der Waals surface area contributed by atoms with Gasteiger partial charge in [0.1, 0.15) is 0 Å². The van der Waals surface area contributed by atoms with Crippen molar-refractivity contribution in [2.45, 2.75) is 39.5 Å². The quantitative estimate of drug-likeness (QED) is 0.510. The van der Waals surface area contributed by atoms with E-state index in [2.05, 4.69) is 13.0 Å². The predicted molar refractivity (Wildman–Crippen MR) is 82.5 cm³/mol. The normalized spacial score (nSPS) is 11.5. The molecule has 0 amide bonds. The van der Waals surface area contributed by atoms with E-state index in [0.717, 1.165) is 11.2 Å². The van der Waals surface area contributed by atoms with Crippen molar-refractivity contribution in [1.29, 1.82) is 0 Å². The SMILES string of the molecule is CCCC/C=C/Cc1c(C)c(=O)c2ccccc2n1O. The van der Waals surface area contributed by atoms with Gasteiger partial charge in [0.05, 0.1) is 11.2 Å². The number of aromatic nitrogens is 1. The number of benzene rings is 1. The van der Waals surface area contributed by atoms with E-state index in [1.54, 1.807) is 19.1 Å². The van der Waals surface area contributed by atoms with E-state index in [9.17, 15) is 10.0 Å². The van der Waals surface area contributed by atoms with Gasteiger partial charge in [-0.15, -0.1) is 0 Å². The van der Waals surface area contributed by atoms with Crippen molar-refractivity contribution in [3.63, 3.8) is 0 Å². The monoisotopic (exact) mass is 271 g/mol. The van der Waals surface area contributed by atoms with Crippen LogP contribution in [0.1, 0.15) is 37.4 Å². The van der Waals surface area contributed by atoms with Crippen LogP contribution in [0.2, 0.25) is 0 Å². The number of rotatable bonds is 5. The molecule has 1 N–H and O–H groups in total. The van der Waals surface area contributed by atoms with Crippen molar-refractivity contribution >= 4 is 10.9 Å². The lowest BCUT2D eigenvalue weighted by Gasteiger charge is -2.12. The summed E-state index contributed by atoms with van der Waals surface area (Å²) in [5.41, 5.74) is 1.86. The Labute approximate surface area is 119 Å². The van der Waals surface area contributed by atoms with Gasteiger partial charge in [-0.2, -0.15) is 4.73 Å². The van der Waals surface area contributed by atoms with E-state index >= 15 is 0 Å². The third kappa shape index (κ3) is 2.77. The lowest BCUT2D eigenvalue weighted by atomic mass is 10.1. The Balaban J connectivity index is 2.39. The minimum atomic E-state index is 0.00265. The molecule has 1 aromatic heterocycles. The molecule has 0 spiro atoms. The van der Waals surface area contributed by atoms with E-state index < -0.39 is 0 Å². The number of pyridine rings is 1. The molecule has 3 nitrogen and oxygen atoms in total. The molecule has 1 heterocycles. The van der Waals surface area contributed by atoms with Crippen LogP contribution >= 0.6 is 0 Å². The maximum Gasteiger partial charge on any atom is 0.192 e. The second-order valence-electron chi connectivity index (χ2n) is 5.05. The highest BCUT2D eigenvalue weighted by atomic mass is 16.5. The number of allylic oxidation sites excluding steroid dienone is 2. The fourth-order valence-corrected chi connectivity index (χ4v) is 2.36. The standard InChI is InChI=1S/C17H21NO2/c1-3-4-5-6-7-11-15-13(2)17(19)14-10-8-9-12-16(14)18(15)20/h6-10,12,20H,3-5,11H2,1-2H3/b7-6+. The van der Waals surface area contributed by atoms with Crippen LogP contribution in [-0.4, -0.2) is 9.94 Å². The molecule has 0 atom stereocenters. The molecule has 0 aliphatic rings. The molecule has 1 aromatic carbocycles. The summed E-state index contributed by atoms with van der Waals surface area (Å²) in [6.07, 6.45) is 8.09. The van der Waals surface area contributed by atoms with Gasteiger partial charge in [-0.05, 0) is 25.5 Å². The second-order valence-corrected chi connectivity index (χ2v) is 5.05. The van der Waals surface area contributed by atoms with E-state index in [1.807, 2.05) is 18.2 Å². The van der Waals surface area contributed by atoms with Crippen molar-refractivity contribution in [2.24, 2.45) is 0 Å². The molecule has 2 rings (SSSR count). The van der Waals surface area contributed by atoms with Crippen LogP contribution in [0.15, 0.2) is 41.2 Å². The number of fused-ring (bicyclic) bond motifs is 1. The average Bonchev–Trinajstić information content (AvgIpc) is 2.48. The minimum Gasteiger partial charge on any atom is -0.428 e. The summed E-state index contributed by atoms with van der Waals surface area (Å²) in [4.78, 5) is 12.3. The Morgan fingerprint density at radius 3 is 2.75 bits per heavy atom. The Bertz CT molecular complexity index is 683. The van der Waals surface area contributed by atoms with Gasteiger partial charge in [-0.3, -0.25) is 4.79 Å². The van der Waals surface area contributed by atoms with Gasteiger partial charge in [-0.25, -0.2) is 0 Å². The van der Waals surface area contributed by atoms with Crippen molar-refractivity contribution in [2.75, 3.05) is 0 Å². The third-order valence-electron chi connectivity index (χ3n) is 3.61. The van der Waals surface area contributed by atoms with E-state index in [1.165, 1.54) is 12.8 Å². The van der Waals surface area contributed by atoms with E-state index in [-0.39, 0.29) is 5.43 Å². The van der Waals surface area contributed by atoms with Gasteiger partial charge in [0.2, 0.25) is 0 Å². The van der Waals surface area contributed by atoms with Crippen molar-refractivity contribution in [3.05, 3.63) is 57.9 Å². The Morgan fingerprint density at radius 1 is 1.25 bits per heavy atom. The highest BCUT2D eigenvalue weighted by Crippen LogP contribution is 2.15. The number of hydrogen-bond donors (Lipinski definition) is 1. The first-order chi connectivity index (χ1) is 9.66. The summed E-state index contributed by atoms with van der Waals surface area (Å²) in [5, 5.41) is 10.9. The molecule has 0 aliphatic carbocycles. The summed E-state index contributed by atoms with van der Waals surface area (Å²) < 4.78 is 1.15. The zero-order chi connectivity index (χ0) is 14.5. The topological polar surface area (TPSA) is 42.2 Å². The maximum atomic E-state index is 12.3. The zero-order valence-corrected chi connectivity index (χ0v) is 12.1. The van der Waals surface area contributed by atoms with Crippen molar-refractivity contribution < 1.29 is 5.21 Å². The molecule has 20 heavy (non-hydrogen) atoms. The van der Waals surface area contributed by atoms with Gasteiger partial charge in [-0.1, -0.05) is 44.1 Å². The molecule has 3 heteroatoms. The fraction of sp³-hybridized carbons (Fsp3) is 0.353. The first-order valence-corrected chi connectivity index (χ1v) is 7.14. The van der Waals surface area contributed by atoms with E-state index in [4.69, 9.17) is 0 Å². The van der Waals surface area contributed by atoms with Crippen LogP contribution in [0, 0.1) is 6.92 Å². The Morgan fingerprint density at radius 2 is 2.00 bits per heavy atom. The minimum absolute atomic E-state index is 0.00265. The van der Waals surface area contributed by atoms with Gasteiger partial charge in [0.25, 0.3) is 0 Å². The number of para-hydroxylation sites is 1. The number of nitrogens with zero attached hydrogens (tertiary/aromatic N) is 1. The van der Waals surface area contributed by atoms with Crippen molar-refractivity contribution in [3.8, 4) is 0 Å². The molecule has 0 fully saturated rings. The van der Waals surface area contributed by atoms with Crippen LogP contribution in [0.4, 0.5) is 0 Å². The van der Waals surface area contributed by atoms with Gasteiger partial charge in [0, 0.05) is 17.4 Å². The molecule has 2 aromatic rings. The lowest BCUT2D eigenvalue weighted by Crippen LogP contribution is -2.16. The Hall–Kier alpha value is -2.03. The molecule has 0 saturated heterocycles. The van der Waals surface area contributed by atoms with Crippen LogP contribution in [0.3, 0.4) is 0 Å². The first kappa shape index (κ1) is 14.4. The largest absolute Gasteiger partial charge is 0.428 e.